The molecule has 0 bridgehead atoms. The van der Waals surface area contributed by atoms with Crippen LogP contribution in [0.5, 0.6) is 0 Å². The van der Waals surface area contributed by atoms with Gasteiger partial charge in [0.15, 0.2) is 0 Å². The zero-order valence-electron chi connectivity index (χ0n) is 10.9. The zero-order valence-corrected chi connectivity index (χ0v) is 10.9. The van der Waals surface area contributed by atoms with E-state index < -0.39 is 0 Å². The van der Waals surface area contributed by atoms with Crippen molar-refractivity contribution in [1.82, 2.24) is 0 Å². The van der Waals surface area contributed by atoms with Crippen LogP contribution in [-0.2, 0) is 0 Å². The molecule has 0 aromatic carbocycles. The molecule has 0 nitrogen and oxygen atoms in total. The molecule has 2 saturated carbocycles. The highest BCUT2D eigenvalue weighted by Gasteiger charge is 2.46. The van der Waals surface area contributed by atoms with Crippen molar-refractivity contribution in [2.24, 2.45) is 23.2 Å². The van der Waals surface area contributed by atoms with E-state index in [1.165, 1.54) is 32.1 Å². The maximum Gasteiger partial charge on any atom is -0.0267 e. The third kappa shape index (κ3) is 2.24. The second-order valence-electron chi connectivity index (χ2n) is 6.68. The minimum absolute atomic E-state index is 0.814. The molecule has 2 unspecified atom stereocenters. The van der Waals surface area contributed by atoms with Crippen molar-refractivity contribution >= 4 is 0 Å². The lowest BCUT2D eigenvalue weighted by atomic mass is 9.69. The third-order valence-electron chi connectivity index (χ3n) is 5.11. The molecular weight excluding hydrogens is 180 g/mol. The summed E-state index contributed by atoms with van der Waals surface area (Å²) in [6.07, 6.45) is 12.2. The summed E-state index contributed by atoms with van der Waals surface area (Å²) >= 11 is 0. The van der Waals surface area contributed by atoms with E-state index >= 15 is 0 Å². The Morgan fingerprint density at radius 3 is 2.20 bits per heavy atom. The lowest BCUT2D eigenvalue weighted by molar-refractivity contribution is 0.135. The van der Waals surface area contributed by atoms with Gasteiger partial charge in [-0.05, 0) is 55.3 Å². The maximum atomic E-state index is 2.52. The first-order valence-corrected chi connectivity index (χ1v) is 7.14. The second-order valence-corrected chi connectivity index (χ2v) is 6.68. The molecule has 0 N–H and O–H groups in total. The molecule has 0 saturated heterocycles. The van der Waals surface area contributed by atoms with Crippen molar-refractivity contribution in [3.05, 3.63) is 0 Å². The highest BCUT2D eigenvalue weighted by molar-refractivity contribution is 4.96. The molecule has 2 rings (SSSR count). The average molecular weight is 208 g/mol. The molecule has 2 aliphatic carbocycles. The van der Waals surface area contributed by atoms with Gasteiger partial charge < -0.3 is 0 Å². The molecule has 0 radical (unpaired) electrons. The quantitative estimate of drug-likeness (QED) is 0.610. The van der Waals surface area contributed by atoms with E-state index in [9.17, 15) is 0 Å². The fourth-order valence-electron chi connectivity index (χ4n) is 4.66. The van der Waals surface area contributed by atoms with Gasteiger partial charge in [-0.25, -0.2) is 0 Å². The van der Waals surface area contributed by atoms with Gasteiger partial charge in [0.2, 0.25) is 0 Å². The molecule has 15 heavy (non-hydrogen) atoms. The maximum absolute atomic E-state index is 2.52. The highest BCUT2D eigenvalue weighted by atomic mass is 14.5. The van der Waals surface area contributed by atoms with E-state index in [0.717, 1.165) is 23.2 Å². The van der Waals surface area contributed by atoms with E-state index in [-0.39, 0.29) is 0 Å². The van der Waals surface area contributed by atoms with Crippen LogP contribution < -0.4 is 0 Å². The molecule has 1 spiro atoms. The Bertz CT molecular complexity index is 193. The van der Waals surface area contributed by atoms with Gasteiger partial charge in [-0.3, -0.25) is 0 Å². The van der Waals surface area contributed by atoms with Gasteiger partial charge in [0.05, 0.1) is 0 Å². The van der Waals surface area contributed by atoms with Crippen LogP contribution >= 0.6 is 0 Å². The van der Waals surface area contributed by atoms with Gasteiger partial charge in [0, 0.05) is 0 Å². The average Bonchev–Trinajstić information content (AvgIpc) is 2.76. The van der Waals surface area contributed by atoms with Crippen LogP contribution in [0.2, 0.25) is 0 Å². The number of rotatable bonds is 3. The fraction of sp³-hybridized carbons (Fsp3) is 1.00. The van der Waals surface area contributed by atoms with Crippen molar-refractivity contribution in [2.75, 3.05) is 0 Å². The van der Waals surface area contributed by atoms with Crippen LogP contribution in [0, 0.1) is 23.2 Å². The molecule has 0 heteroatoms. The van der Waals surface area contributed by atoms with Crippen LogP contribution in [0.1, 0.15) is 72.1 Å². The highest BCUT2D eigenvalue weighted by Crippen LogP contribution is 2.57. The zero-order chi connectivity index (χ0) is 10.9. The Labute approximate surface area is 95.8 Å². The number of hydrogen-bond donors (Lipinski definition) is 0. The lowest BCUT2D eigenvalue weighted by Crippen LogP contribution is -2.27. The van der Waals surface area contributed by atoms with Gasteiger partial charge >= 0.3 is 0 Å². The topological polar surface area (TPSA) is 0 Å². The summed E-state index contributed by atoms with van der Waals surface area (Å²) < 4.78 is 0. The van der Waals surface area contributed by atoms with E-state index in [1.807, 2.05) is 0 Å². The normalized spacial score (nSPS) is 31.6. The van der Waals surface area contributed by atoms with Crippen molar-refractivity contribution in [1.29, 1.82) is 0 Å². The van der Waals surface area contributed by atoms with Gasteiger partial charge in [-0.2, -0.15) is 0 Å². The monoisotopic (exact) mass is 208 g/mol. The predicted molar refractivity (Wildman–Crippen MR) is 66.9 cm³/mol. The van der Waals surface area contributed by atoms with Gasteiger partial charge in [0.25, 0.3) is 0 Å². The molecule has 0 aromatic rings. The minimum atomic E-state index is 0.814. The van der Waals surface area contributed by atoms with Crippen molar-refractivity contribution in [3.8, 4) is 0 Å². The van der Waals surface area contributed by atoms with Crippen molar-refractivity contribution in [2.45, 2.75) is 72.1 Å². The molecule has 2 aliphatic rings. The summed E-state index contributed by atoms with van der Waals surface area (Å²) in [5.41, 5.74) is 0.814. The third-order valence-corrected chi connectivity index (χ3v) is 5.11. The lowest BCUT2D eigenvalue weighted by Gasteiger charge is -2.36. The van der Waals surface area contributed by atoms with Crippen LogP contribution in [0.4, 0.5) is 0 Å². The summed E-state index contributed by atoms with van der Waals surface area (Å²) in [6, 6.07) is 0. The minimum Gasteiger partial charge on any atom is -0.0628 e. The van der Waals surface area contributed by atoms with E-state index in [1.54, 1.807) is 19.3 Å². The summed E-state index contributed by atoms with van der Waals surface area (Å²) in [5, 5.41) is 0. The second kappa shape index (κ2) is 4.47. The van der Waals surface area contributed by atoms with Crippen molar-refractivity contribution < 1.29 is 0 Å². The molecule has 0 amide bonds. The largest absolute Gasteiger partial charge is 0.0628 e. The molecule has 2 fully saturated rings. The first kappa shape index (κ1) is 11.5. The Morgan fingerprint density at radius 1 is 1.00 bits per heavy atom. The first-order valence-electron chi connectivity index (χ1n) is 7.14. The van der Waals surface area contributed by atoms with Crippen LogP contribution in [0.3, 0.4) is 0 Å². The van der Waals surface area contributed by atoms with E-state index in [4.69, 9.17) is 0 Å². The van der Waals surface area contributed by atoms with E-state index in [0.29, 0.717) is 0 Å². The first-order chi connectivity index (χ1) is 7.14. The number of hydrogen-bond acceptors (Lipinski definition) is 0. The van der Waals surface area contributed by atoms with Crippen molar-refractivity contribution in [3.63, 3.8) is 0 Å². The smallest absolute Gasteiger partial charge is 0.0267 e. The van der Waals surface area contributed by atoms with Crippen LogP contribution in [0.15, 0.2) is 0 Å². The summed E-state index contributed by atoms with van der Waals surface area (Å²) in [4.78, 5) is 0. The molecule has 2 atom stereocenters. The summed E-state index contributed by atoms with van der Waals surface area (Å²) in [7, 11) is 0. The summed E-state index contributed by atoms with van der Waals surface area (Å²) in [6.45, 7) is 7.29. The Morgan fingerprint density at radius 2 is 1.60 bits per heavy atom. The summed E-state index contributed by atoms with van der Waals surface area (Å²) in [5.74, 6) is 2.94. The molecule has 0 heterocycles. The SMILES string of the molecule is CC(C)CC(C)C1CCCC12CCCC2. The Balaban J connectivity index is 2.00. The standard InChI is InChI=1S/C15H28/c1-12(2)11-13(3)14-7-6-10-15(14)8-4-5-9-15/h12-14H,4-11H2,1-3H3. The van der Waals surface area contributed by atoms with E-state index in [2.05, 4.69) is 20.8 Å². The fourth-order valence-corrected chi connectivity index (χ4v) is 4.66. The van der Waals surface area contributed by atoms with Crippen LogP contribution in [0.25, 0.3) is 0 Å². The van der Waals surface area contributed by atoms with Gasteiger partial charge in [-0.15, -0.1) is 0 Å². The Kier molecular flexibility index (Phi) is 3.42. The molecule has 0 aliphatic heterocycles. The molecule has 0 aromatic heterocycles. The molecular formula is C15H28. The van der Waals surface area contributed by atoms with Gasteiger partial charge in [0.1, 0.15) is 0 Å². The van der Waals surface area contributed by atoms with Crippen LogP contribution in [-0.4, -0.2) is 0 Å². The molecule has 88 valence electrons. The Hall–Kier alpha value is 0. The predicted octanol–water partition coefficient (Wildman–Crippen LogP) is 5.03. The van der Waals surface area contributed by atoms with Gasteiger partial charge in [-0.1, -0.05) is 40.0 Å².